The van der Waals surface area contributed by atoms with Crippen LogP contribution in [0.2, 0.25) is 0 Å². The predicted octanol–water partition coefficient (Wildman–Crippen LogP) is 0.744. The maximum Gasteiger partial charge on any atom is 0.325 e. The second-order valence-electron chi connectivity index (χ2n) is 2.74. The van der Waals surface area contributed by atoms with Gasteiger partial charge in [-0.3, -0.25) is 9.59 Å². The molecule has 0 unspecified atom stereocenters. The Morgan fingerprint density at radius 3 is 2.87 bits per heavy atom. The molecule has 0 radical (unpaired) electrons. The number of carbonyl (C=O) groups excluding carboxylic acids is 2. The lowest BCUT2D eigenvalue weighted by molar-refractivity contribution is -0.141. The minimum absolute atomic E-state index is 0.122. The van der Waals surface area contributed by atoms with Crippen LogP contribution < -0.4 is 5.32 Å². The highest BCUT2D eigenvalue weighted by atomic mass is 32.1. The zero-order chi connectivity index (χ0) is 11.3. The monoisotopic (exact) mass is 228 g/mol. The largest absolute Gasteiger partial charge is 0.465 e. The highest BCUT2D eigenvalue weighted by Crippen LogP contribution is 2.07. The molecule has 1 heterocycles. The minimum atomic E-state index is -0.446. The Bertz CT molecular complexity index is 362. The summed E-state index contributed by atoms with van der Waals surface area (Å²) in [5.41, 5.74) is 0.335. The van der Waals surface area contributed by atoms with Gasteiger partial charge in [0.05, 0.1) is 11.6 Å². The van der Waals surface area contributed by atoms with Gasteiger partial charge >= 0.3 is 5.97 Å². The van der Waals surface area contributed by atoms with E-state index in [1.807, 2.05) is 6.92 Å². The molecule has 6 heteroatoms. The molecular formula is C9H12N2O3S. The molecule has 0 fully saturated rings. The van der Waals surface area contributed by atoms with Crippen molar-refractivity contribution < 1.29 is 14.3 Å². The molecule has 0 saturated heterocycles. The van der Waals surface area contributed by atoms with Crippen molar-refractivity contribution in [3.05, 3.63) is 16.1 Å². The number of thiazole rings is 1. The molecule has 0 aliphatic carbocycles. The van der Waals surface area contributed by atoms with Crippen LogP contribution in [0.4, 0.5) is 0 Å². The standard InChI is InChI=1S/C9H12N2O3S/c1-3-14-8(12)4-10-9(13)7-5-15-6(2)11-7/h5H,3-4H2,1-2H3,(H,10,13). The van der Waals surface area contributed by atoms with Crippen molar-refractivity contribution in [2.24, 2.45) is 0 Å². The summed E-state index contributed by atoms with van der Waals surface area (Å²) in [7, 11) is 0. The lowest BCUT2D eigenvalue weighted by atomic mass is 10.4. The zero-order valence-corrected chi connectivity index (χ0v) is 9.39. The molecule has 0 aliphatic heterocycles. The zero-order valence-electron chi connectivity index (χ0n) is 8.57. The highest BCUT2D eigenvalue weighted by Gasteiger charge is 2.10. The van der Waals surface area contributed by atoms with Gasteiger partial charge in [-0.2, -0.15) is 0 Å². The van der Waals surface area contributed by atoms with Crippen molar-refractivity contribution in [3.8, 4) is 0 Å². The topological polar surface area (TPSA) is 68.3 Å². The third-order valence-electron chi connectivity index (χ3n) is 1.55. The van der Waals surface area contributed by atoms with E-state index < -0.39 is 5.97 Å². The summed E-state index contributed by atoms with van der Waals surface area (Å²) in [5, 5.41) is 4.89. The first kappa shape index (κ1) is 11.6. The third-order valence-corrected chi connectivity index (χ3v) is 2.32. The van der Waals surface area contributed by atoms with Crippen LogP contribution in [0, 0.1) is 6.92 Å². The predicted molar refractivity (Wildman–Crippen MR) is 55.8 cm³/mol. The van der Waals surface area contributed by atoms with Crippen LogP contribution in [-0.4, -0.2) is 30.0 Å². The second-order valence-corrected chi connectivity index (χ2v) is 3.80. The quantitative estimate of drug-likeness (QED) is 0.772. The lowest BCUT2D eigenvalue weighted by Crippen LogP contribution is -2.30. The van der Waals surface area contributed by atoms with Crippen LogP contribution in [0.3, 0.4) is 0 Å². The number of ether oxygens (including phenoxy) is 1. The van der Waals surface area contributed by atoms with Gasteiger partial charge in [0.1, 0.15) is 12.2 Å². The lowest BCUT2D eigenvalue weighted by Gasteiger charge is -2.02. The Labute approximate surface area is 91.5 Å². The normalized spacial score (nSPS) is 9.73. The number of amides is 1. The van der Waals surface area contributed by atoms with E-state index in [9.17, 15) is 9.59 Å². The molecule has 0 atom stereocenters. The van der Waals surface area contributed by atoms with Gasteiger partial charge in [-0.1, -0.05) is 0 Å². The summed E-state index contributed by atoms with van der Waals surface area (Å²) in [4.78, 5) is 26.3. The van der Waals surface area contributed by atoms with E-state index in [0.29, 0.717) is 12.3 Å². The Morgan fingerprint density at radius 1 is 1.60 bits per heavy atom. The Kier molecular flexibility index (Phi) is 4.23. The van der Waals surface area contributed by atoms with E-state index in [2.05, 4.69) is 15.0 Å². The molecule has 0 aliphatic rings. The maximum absolute atomic E-state index is 11.4. The number of hydrogen-bond acceptors (Lipinski definition) is 5. The molecule has 0 bridgehead atoms. The van der Waals surface area contributed by atoms with E-state index in [4.69, 9.17) is 0 Å². The van der Waals surface area contributed by atoms with Crippen LogP contribution >= 0.6 is 11.3 Å². The van der Waals surface area contributed by atoms with Crippen molar-refractivity contribution in [1.29, 1.82) is 0 Å². The van der Waals surface area contributed by atoms with Gasteiger partial charge in [0.25, 0.3) is 5.91 Å². The Balaban J connectivity index is 2.40. The molecule has 0 saturated carbocycles. The van der Waals surface area contributed by atoms with E-state index in [1.54, 1.807) is 12.3 Å². The molecule has 1 amide bonds. The minimum Gasteiger partial charge on any atom is -0.465 e. The first-order valence-electron chi connectivity index (χ1n) is 4.49. The van der Waals surface area contributed by atoms with Gasteiger partial charge in [0.2, 0.25) is 0 Å². The van der Waals surface area contributed by atoms with Gasteiger partial charge in [-0.25, -0.2) is 4.98 Å². The number of hydrogen-bond donors (Lipinski definition) is 1. The average Bonchev–Trinajstić information content (AvgIpc) is 2.62. The summed E-state index contributed by atoms with van der Waals surface area (Å²) < 4.78 is 4.66. The highest BCUT2D eigenvalue weighted by molar-refractivity contribution is 7.09. The first-order valence-corrected chi connectivity index (χ1v) is 5.37. The number of esters is 1. The van der Waals surface area contributed by atoms with Crippen LogP contribution in [-0.2, 0) is 9.53 Å². The summed E-state index contributed by atoms with van der Waals surface area (Å²) >= 11 is 1.39. The SMILES string of the molecule is CCOC(=O)CNC(=O)c1csc(C)n1. The van der Waals surface area contributed by atoms with Gasteiger partial charge in [-0.15, -0.1) is 11.3 Å². The summed E-state index contributed by atoms with van der Waals surface area (Å²) in [6.45, 7) is 3.71. The van der Waals surface area contributed by atoms with Crippen LogP contribution in [0.5, 0.6) is 0 Å². The van der Waals surface area contributed by atoms with E-state index in [-0.39, 0.29) is 12.5 Å². The molecule has 15 heavy (non-hydrogen) atoms. The number of aryl methyl sites for hydroxylation is 1. The van der Waals surface area contributed by atoms with Gasteiger partial charge in [0, 0.05) is 5.38 Å². The molecular weight excluding hydrogens is 216 g/mol. The van der Waals surface area contributed by atoms with Crippen molar-refractivity contribution >= 4 is 23.2 Å². The van der Waals surface area contributed by atoms with Crippen molar-refractivity contribution in [1.82, 2.24) is 10.3 Å². The molecule has 5 nitrogen and oxygen atoms in total. The first-order chi connectivity index (χ1) is 7.13. The average molecular weight is 228 g/mol. The number of nitrogens with one attached hydrogen (secondary N) is 1. The van der Waals surface area contributed by atoms with Crippen molar-refractivity contribution in [2.75, 3.05) is 13.2 Å². The smallest absolute Gasteiger partial charge is 0.325 e. The molecule has 1 rings (SSSR count). The Morgan fingerprint density at radius 2 is 2.33 bits per heavy atom. The number of rotatable bonds is 4. The number of carbonyl (C=O) groups is 2. The third kappa shape index (κ3) is 3.67. The molecule has 82 valence electrons. The van der Waals surface area contributed by atoms with Crippen LogP contribution in [0.15, 0.2) is 5.38 Å². The number of aromatic nitrogens is 1. The van der Waals surface area contributed by atoms with Crippen LogP contribution in [0.1, 0.15) is 22.4 Å². The fourth-order valence-electron chi connectivity index (χ4n) is 0.923. The molecule has 0 aromatic carbocycles. The van der Waals surface area contributed by atoms with Crippen molar-refractivity contribution in [2.45, 2.75) is 13.8 Å². The molecule has 1 N–H and O–H groups in total. The molecule has 1 aromatic heterocycles. The van der Waals surface area contributed by atoms with Gasteiger partial charge in [0.15, 0.2) is 0 Å². The fraction of sp³-hybridized carbons (Fsp3) is 0.444. The van der Waals surface area contributed by atoms with E-state index in [0.717, 1.165) is 5.01 Å². The fourth-order valence-corrected chi connectivity index (χ4v) is 1.52. The summed E-state index contributed by atoms with van der Waals surface area (Å²) in [6.07, 6.45) is 0. The second kappa shape index (κ2) is 5.45. The summed E-state index contributed by atoms with van der Waals surface area (Å²) in [5.74, 6) is -0.801. The Hall–Kier alpha value is -1.43. The van der Waals surface area contributed by atoms with E-state index in [1.165, 1.54) is 11.3 Å². The molecule has 1 aromatic rings. The van der Waals surface area contributed by atoms with Crippen LogP contribution in [0.25, 0.3) is 0 Å². The molecule has 0 spiro atoms. The maximum atomic E-state index is 11.4. The number of nitrogens with zero attached hydrogens (tertiary/aromatic N) is 1. The van der Waals surface area contributed by atoms with Crippen molar-refractivity contribution in [3.63, 3.8) is 0 Å². The van der Waals surface area contributed by atoms with Gasteiger partial charge in [-0.05, 0) is 13.8 Å². The van der Waals surface area contributed by atoms with Gasteiger partial charge < -0.3 is 10.1 Å². The van der Waals surface area contributed by atoms with E-state index >= 15 is 0 Å². The summed E-state index contributed by atoms with van der Waals surface area (Å²) in [6, 6.07) is 0.